The van der Waals surface area contributed by atoms with Crippen molar-refractivity contribution < 1.29 is 22.6 Å². The molecule has 0 spiro atoms. The SMILES string of the molecule is CCNC(=NCCCOC1CCOCC1)NCCC(F)(F)F.I. The highest BCUT2D eigenvalue weighted by Gasteiger charge is 2.26. The van der Waals surface area contributed by atoms with Crippen molar-refractivity contribution in [2.45, 2.75) is 44.9 Å². The van der Waals surface area contributed by atoms with Crippen LogP contribution in [0.25, 0.3) is 0 Å². The average Bonchev–Trinajstić information content (AvgIpc) is 2.46. The van der Waals surface area contributed by atoms with E-state index < -0.39 is 12.6 Å². The van der Waals surface area contributed by atoms with Crippen LogP contribution >= 0.6 is 24.0 Å². The Labute approximate surface area is 152 Å². The van der Waals surface area contributed by atoms with E-state index in [9.17, 15) is 13.2 Å². The molecule has 23 heavy (non-hydrogen) atoms. The Balaban J connectivity index is 0.00000484. The molecule has 1 fully saturated rings. The first-order chi connectivity index (χ1) is 10.5. The molecular weight excluding hydrogens is 426 g/mol. The Bertz CT molecular complexity index is 325. The van der Waals surface area contributed by atoms with E-state index in [1.165, 1.54) is 0 Å². The molecule has 0 aliphatic carbocycles. The predicted molar refractivity (Wildman–Crippen MR) is 94.5 cm³/mol. The number of hydrogen-bond acceptors (Lipinski definition) is 3. The van der Waals surface area contributed by atoms with E-state index in [1.54, 1.807) is 0 Å². The minimum absolute atomic E-state index is 0. The Kier molecular flexibility index (Phi) is 12.9. The lowest BCUT2D eigenvalue weighted by atomic mass is 10.1. The molecular formula is C14H27F3IN3O2. The first kappa shape index (κ1) is 22.7. The summed E-state index contributed by atoms with van der Waals surface area (Å²) in [5.41, 5.74) is 0. The zero-order valence-electron chi connectivity index (χ0n) is 13.5. The number of hydrogen-bond donors (Lipinski definition) is 2. The fourth-order valence-corrected chi connectivity index (χ4v) is 2.01. The molecule has 0 aromatic heterocycles. The standard InChI is InChI=1S/C14H26F3N3O2.HI/c1-2-18-13(20-8-6-14(15,16)17)19-7-3-9-22-12-4-10-21-11-5-12;/h12H,2-11H2,1H3,(H2,18,19,20);1H. The highest BCUT2D eigenvalue weighted by molar-refractivity contribution is 14.0. The summed E-state index contributed by atoms with van der Waals surface area (Å²) in [5, 5.41) is 5.60. The minimum atomic E-state index is -4.15. The maximum atomic E-state index is 12.1. The van der Waals surface area contributed by atoms with Crippen molar-refractivity contribution in [3.8, 4) is 0 Å². The fourth-order valence-electron chi connectivity index (χ4n) is 2.01. The summed E-state index contributed by atoms with van der Waals surface area (Å²) in [5.74, 6) is 0.415. The second-order valence-electron chi connectivity index (χ2n) is 5.09. The van der Waals surface area contributed by atoms with Crippen LogP contribution in [-0.4, -0.2) is 57.7 Å². The molecule has 0 saturated carbocycles. The Morgan fingerprint density at radius 3 is 2.57 bits per heavy atom. The van der Waals surface area contributed by atoms with Gasteiger partial charge in [-0.3, -0.25) is 4.99 Å². The molecule has 0 aromatic rings. The summed E-state index contributed by atoms with van der Waals surface area (Å²) < 4.78 is 47.2. The molecule has 0 atom stereocenters. The average molecular weight is 453 g/mol. The molecule has 9 heteroatoms. The van der Waals surface area contributed by atoms with Crippen molar-refractivity contribution in [2.75, 3.05) is 39.5 Å². The maximum Gasteiger partial charge on any atom is 0.390 e. The number of nitrogens with zero attached hydrogens (tertiary/aromatic N) is 1. The van der Waals surface area contributed by atoms with Gasteiger partial charge in [0.2, 0.25) is 0 Å². The Morgan fingerprint density at radius 1 is 1.26 bits per heavy atom. The van der Waals surface area contributed by atoms with Crippen LogP contribution in [0.2, 0.25) is 0 Å². The van der Waals surface area contributed by atoms with Crippen molar-refractivity contribution in [1.29, 1.82) is 0 Å². The third-order valence-corrected chi connectivity index (χ3v) is 3.14. The molecule has 1 heterocycles. The summed E-state index contributed by atoms with van der Waals surface area (Å²) in [7, 11) is 0. The lowest BCUT2D eigenvalue weighted by Gasteiger charge is -2.22. The molecule has 0 unspecified atom stereocenters. The van der Waals surface area contributed by atoms with E-state index >= 15 is 0 Å². The lowest BCUT2D eigenvalue weighted by Crippen LogP contribution is -2.39. The van der Waals surface area contributed by atoms with Gasteiger partial charge >= 0.3 is 6.18 Å². The number of aliphatic imine (C=N–C) groups is 1. The molecule has 0 amide bonds. The molecule has 1 rings (SSSR count). The van der Waals surface area contributed by atoms with E-state index in [4.69, 9.17) is 9.47 Å². The van der Waals surface area contributed by atoms with Crippen molar-refractivity contribution in [3.63, 3.8) is 0 Å². The quantitative estimate of drug-likeness (QED) is 0.257. The third-order valence-electron chi connectivity index (χ3n) is 3.14. The molecule has 1 aliphatic rings. The van der Waals surface area contributed by atoms with Crippen LogP contribution < -0.4 is 10.6 Å². The Hall–Kier alpha value is -0.290. The number of rotatable bonds is 8. The van der Waals surface area contributed by atoms with Gasteiger partial charge in [0.25, 0.3) is 0 Å². The number of ether oxygens (including phenoxy) is 2. The van der Waals surface area contributed by atoms with Gasteiger partial charge < -0.3 is 20.1 Å². The number of guanidine groups is 1. The van der Waals surface area contributed by atoms with E-state index in [1.807, 2.05) is 6.92 Å². The van der Waals surface area contributed by atoms with Gasteiger partial charge in [-0.15, -0.1) is 24.0 Å². The van der Waals surface area contributed by atoms with E-state index in [0.29, 0.717) is 25.7 Å². The highest BCUT2D eigenvalue weighted by atomic mass is 127. The largest absolute Gasteiger partial charge is 0.390 e. The van der Waals surface area contributed by atoms with Crippen LogP contribution in [0.3, 0.4) is 0 Å². The zero-order valence-corrected chi connectivity index (χ0v) is 15.8. The van der Waals surface area contributed by atoms with Crippen molar-refractivity contribution in [1.82, 2.24) is 10.6 Å². The van der Waals surface area contributed by atoms with Crippen LogP contribution in [0.1, 0.15) is 32.6 Å². The lowest BCUT2D eigenvalue weighted by molar-refractivity contribution is -0.132. The van der Waals surface area contributed by atoms with E-state index in [2.05, 4.69) is 15.6 Å². The smallest absolute Gasteiger partial charge is 0.381 e. The molecule has 2 N–H and O–H groups in total. The number of nitrogens with one attached hydrogen (secondary N) is 2. The van der Waals surface area contributed by atoms with Crippen molar-refractivity contribution in [2.24, 2.45) is 4.99 Å². The van der Waals surface area contributed by atoms with Crippen LogP contribution in [-0.2, 0) is 9.47 Å². The van der Waals surface area contributed by atoms with Crippen molar-refractivity contribution in [3.05, 3.63) is 0 Å². The second-order valence-corrected chi connectivity index (χ2v) is 5.09. The summed E-state index contributed by atoms with van der Waals surface area (Å²) in [4.78, 5) is 4.24. The van der Waals surface area contributed by atoms with Gasteiger partial charge in [0.1, 0.15) is 0 Å². The molecule has 138 valence electrons. The predicted octanol–water partition coefficient (Wildman–Crippen LogP) is 2.70. The van der Waals surface area contributed by atoms with Gasteiger partial charge in [0, 0.05) is 39.5 Å². The van der Waals surface area contributed by atoms with E-state index in [0.717, 1.165) is 32.5 Å². The molecule has 0 bridgehead atoms. The monoisotopic (exact) mass is 453 g/mol. The topological polar surface area (TPSA) is 54.9 Å². The molecule has 1 aliphatic heterocycles. The van der Waals surface area contributed by atoms with Crippen LogP contribution in [0, 0.1) is 0 Å². The number of halogens is 4. The van der Waals surface area contributed by atoms with Gasteiger partial charge in [0.15, 0.2) is 5.96 Å². The molecule has 1 saturated heterocycles. The number of alkyl halides is 3. The highest BCUT2D eigenvalue weighted by Crippen LogP contribution is 2.18. The fraction of sp³-hybridized carbons (Fsp3) is 0.929. The maximum absolute atomic E-state index is 12.1. The van der Waals surface area contributed by atoms with Gasteiger partial charge in [0.05, 0.1) is 12.5 Å². The first-order valence-corrected chi connectivity index (χ1v) is 7.79. The first-order valence-electron chi connectivity index (χ1n) is 7.79. The summed E-state index contributed by atoms with van der Waals surface area (Å²) >= 11 is 0. The zero-order chi connectivity index (χ0) is 16.3. The van der Waals surface area contributed by atoms with Gasteiger partial charge in [-0.05, 0) is 26.2 Å². The normalized spacial score (nSPS) is 16.8. The third kappa shape index (κ3) is 12.8. The summed E-state index contributed by atoms with van der Waals surface area (Å²) in [6, 6.07) is 0. The van der Waals surface area contributed by atoms with Crippen LogP contribution in [0.5, 0.6) is 0 Å². The second kappa shape index (κ2) is 13.1. The van der Waals surface area contributed by atoms with E-state index in [-0.39, 0.29) is 36.6 Å². The Morgan fingerprint density at radius 2 is 1.96 bits per heavy atom. The minimum Gasteiger partial charge on any atom is -0.381 e. The van der Waals surface area contributed by atoms with Gasteiger partial charge in [-0.2, -0.15) is 13.2 Å². The van der Waals surface area contributed by atoms with Gasteiger partial charge in [-0.1, -0.05) is 0 Å². The van der Waals surface area contributed by atoms with Gasteiger partial charge in [-0.25, -0.2) is 0 Å². The molecule has 5 nitrogen and oxygen atoms in total. The van der Waals surface area contributed by atoms with Crippen LogP contribution in [0.15, 0.2) is 4.99 Å². The summed E-state index contributed by atoms with van der Waals surface area (Å²) in [6.45, 7) is 4.92. The van der Waals surface area contributed by atoms with Crippen LogP contribution in [0.4, 0.5) is 13.2 Å². The molecule has 0 radical (unpaired) electrons. The summed E-state index contributed by atoms with van der Waals surface area (Å²) in [6.07, 6.45) is -2.18. The molecule has 0 aromatic carbocycles. The van der Waals surface area contributed by atoms with Crippen molar-refractivity contribution >= 4 is 29.9 Å².